The summed E-state index contributed by atoms with van der Waals surface area (Å²) in [6, 6.07) is 14.5. The molecule has 7 nitrogen and oxygen atoms in total. The molecule has 156 valence electrons. The van der Waals surface area contributed by atoms with Gasteiger partial charge in [-0.2, -0.15) is 0 Å². The average Bonchev–Trinajstić information content (AvgIpc) is 2.68. The van der Waals surface area contributed by atoms with E-state index < -0.39 is 0 Å². The molecule has 0 saturated carbocycles. The number of likely N-dealkylation sites (N-methyl/N-ethyl adjacent to an activating group) is 2. The number of carbonyl (C=O) groups is 2. The van der Waals surface area contributed by atoms with Gasteiger partial charge in [-0.15, -0.1) is 0 Å². The Labute approximate surface area is 176 Å². The molecule has 0 bridgehead atoms. The second kappa shape index (κ2) is 11.3. The fraction of sp³-hybridized carbons (Fsp3) is 0.333. The lowest BCUT2D eigenvalue weighted by Gasteiger charge is -2.20. The number of anilines is 1. The first-order valence-corrected chi connectivity index (χ1v) is 9.63. The lowest BCUT2D eigenvalue weighted by Crippen LogP contribution is -3.10. The van der Waals surface area contributed by atoms with Gasteiger partial charge in [0, 0.05) is 12.1 Å². The molecule has 0 aromatic heterocycles. The fourth-order valence-corrected chi connectivity index (χ4v) is 2.78. The van der Waals surface area contributed by atoms with Crippen LogP contribution in [-0.2, 0) is 9.59 Å². The third-order valence-electron chi connectivity index (χ3n) is 4.24. The maximum Gasteiger partial charge on any atom is 0.277 e. The lowest BCUT2D eigenvalue weighted by molar-refractivity contribution is -0.871. The monoisotopic (exact) mass is 420 g/mol. The van der Waals surface area contributed by atoms with Crippen LogP contribution in [0.1, 0.15) is 0 Å². The summed E-state index contributed by atoms with van der Waals surface area (Å²) in [6.45, 7) is 1.37. The van der Waals surface area contributed by atoms with Crippen molar-refractivity contribution in [3.8, 4) is 11.5 Å². The van der Waals surface area contributed by atoms with Crippen LogP contribution in [0, 0.1) is 0 Å². The summed E-state index contributed by atoms with van der Waals surface area (Å²) in [5.41, 5.74) is 0.464. The number of hydrogen-bond acceptors (Lipinski definition) is 4. The van der Waals surface area contributed by atoms with Crippen molar-refractivity contribution in [3.05, 3.63) is 53.6 Å². The van der Waals surface area contributed by atoms with Crippen LogP contribution in [0.5, 0.6) is 11.5 Å². The summed E-state index contributed by atoms with van der Waals surface area (Å²) in [5, 5.41) is 3.20. The van der Waals surface area contributed by atoms with E-state index in [1.807, 2.05) is 37.4 Å². The van der Waals surface area contributed by atoms with E-state index in [4.69, 9.17) is 21.1 Å². The van der Waals surface area contributed by atoms with Crippen LogP contribution in [-0.4, -0.2) is 64.2 Å². The Hall–Kier alpha value is -2.77. The third kappa shape index (κ3) is 7.63. The first-order valence-electron chi connectivity index (χ1n) is 9.25. The summed E-state index contributed by atoms with van der Waals surface area (Å²) >= 11 is 5.97. The van der Waals surface area contributed by atoms with E-state index in [9.17, 15) is 9.59 Å². The maximum atomic E-state index is 12.4. The average molecular weight is 421 g/mol. The molecule has 1 atom stereocenters. The van der Waals surface area contributed by atoms with Crippen molar-refractivity contribution < 1.29 is 24.0 Å². The summed E-state index contributed by atoms with van der Waals surface area (Å²) in [4.78, 5) is 27.1. The van der Waals surface area contributed by atoms with Crippen LogP contribution < -0.4 is 19.7 Å². The molecule has 1 unspecified atom stereocenters. The van der Waals surface area contributed by atoms with Crippen LogP contribution >= 0.6 is 11.6 Å². The van der Waals surface area contributed by atoms with Crippen LogP contribution in [0.25, 0.3) is 0 Å². The van der Waals surface area contributed by atoms with E-state index in [0.29, 0.717) is 29.6 Å². The van der Waals surface area contributed by atoms with Crippen LogP contribution in [0.15, 0.2) is 48.5 Å². The van der Waals surface area contributed by atoms with Crippen molar-refractivity contribution in [2.75, 3.05) is 52.8 Å². The second-order valence-electron chi connectivity index (χ2n) is 6.69. The van der Waals surface area contributed by atoms with Gasteiger partial charge in [-0.3, -0.25) is 9.59 Å². The molecule has 2 aromatic carbocycles. The molecule has 2 aromatic rings. The Bertz CT molecular complexity index is 817. The molecule has 0 heterocycles. The number of ether oxygens (including phenoxy) is 2. The number of amides is 2. The van der Waals surface area contributed by atoms with Crippen molar-refractivity contribution in [2.45, 2.75) is 0 Å². The molecule has 29 heavy (non-hydrogen) atoms. The zero-order valence-corrected chi connectivity index (χ0v) is 17.7. The number of methoxy groups -OCH3 is 1. The number of quaternary nitrogens is 1. The Morgan fingerprint density at radius 1 is 1.17 bits per heavy atom. The predicted octanol–water partition coefficient (Wildman–Crippen LogP) is 1.34. The largest absolute Gasteiger partial charge is 0.495 e. The van der Waals surface area contributed by atoms with E-state index in [1.54, 1.807) is 25.2 Å². The molecule has 0 saturated heterocycles. The number of nitrogens with zero attached hydrogens (tertiary/aromatic N) is 1. The molecule has 2 N–H and O–H groups in total. The summed E-state index contributed by atoms with van der Waals surface area (Å²) < 4.78 is 10.9. The third-order valence-corrected chi connectivity index (χ3v) is 4.47. The highest BCUT2D eigenvalue weighted by Crippen LogP contribution is 2.27. The minimum absolute atomic E-state index is 0.0672. The highest BCUT2D eigenvalue weighted by atomic mass is 35.5. The number of para-hydroxylation sites is 1. The molecule has 2 amide bonds. The number of rotatable bonds is 10. The second-order valence-corrected chi connectivity index (χ2v) is 7.12. The van der Waals surface area contributed by atoms with Gasteiger partial charge >= 0.3 is 0 Å². The van der Waals surface area contributed by atoms with Gasteiger partial charge in [0.2, 0.25) is 5.91 Å². The molecule has 0 aliphatic rings. The van der Waals surface area contributed by atoms with E-state index in [-0.39, 0.29) is 24.9 Å². The lowest BCUT2D eigenvalue weighted by atomic mass is 10.3. The van der Waals surface area contributed by atoms with Gasteiger partial charge in [0.1, 0.15) is 24.7 Å². The SMILES string of the molecule is COc1ccc(Cl)cc1NC(=O)CN(C)C(=O)C[NH+](C)CCOc1ccccc1. The molecule has 0 radical (unpaired) electrons. The molecule has 0 fully saturated rings. The van der Waals surface area contributed by atoms with Gasteiger partial charge in [0.05, 0.1) is 26.4 Å². The van der Waals surface area contributed by atoms with Gasteiger partial charge < -0.3 is 24.6 Å². The Morgan fingerprint density at radius 2 is 1.90 bits per heavy atom. The Kier molecular flexibility index (Phi) is 8.76. The van der Waals surface area contributed by atoms with Crippen LogP contribution in [0.3, 0.4) is 0 Å². The molecular weight excluding hydrogens is 394 g/mol. The van der Waals surface area contributed by atoms with Crippen LogP contribution in [0.2, 0.25) is 5.02 Å². The van der Waals surface area contributed by atoms with Gasteiger partial charge in [0.25, 0.3) is 5.91 Å². The molecule has 2 rings (SSSR count). The molecule has 8 heteroatoms. The van der Waals surface area contributed by atoms with Crippen molar-refractivity contribution >= 4 is 29.1 Å². The standard InChI is InChI=1S/C21H26ClN3O4/c1-24(11-12-29-17-7-5-4-6-8-17)15-21(27)25(2)14-20(26)23-18-13-16(22)9-10-19(18)28-3/h4-10,13H,11-12,14-15H2,1-3H3,(H,23,26)/p+1. The van der Waals surface area contributed by atoms with Gasteiger partial charge in [0.15, 0.2) is 6.54 Å². The number of benzene rings is 2. The normalized spacial score (nSPS) is 11.4. The van der Waals surface area contributed by atoms with Gasteiger partial charge in [-0.05, 0) is 30.3 Å². The molecular formula is C21H27ClN3O4+. The molecule has 0 aliphatic carbocycles. The first kappa shape index (κ1) is 22.5. The highest BCUT2D eigenvalue weighted by molar-refractivity contribution is 6.31. The highest BCUT2D eigenvalue weighted by Gasteiger charge is 2.18. The minimum atomic E-state index is -0.327. The molecule has 0 spiro atoms. The Morgan fingerprint density at radius 3 is 2.59 bits per heavy atom. The van der Waals surface area contributed by atoms with E-state index in [0.717, 1.165) is 10.6 Å². The fourth-order valence-electron chi connectivity index (χ4n) is 2.61. The zero-order valence-electron chi connectivity index (χ0n) is 16.9. The maximum absolute atomic E-state index is 12.4. The van der Waals surface area contributed by atoms with Gasteiger partial charge in [-0.25, -0.2) is 0 Å². The summed E-state index contributed by atoms with van der Waals surface area (Å²) in [5.74, 6) is 0.845. The Balaban J connectivity index is 1.76. The minimum Gasteiger partial charge on any atom is -0.495 e. The zero-order chi connectivity index (χ0) is 21.2. The summed E-state index contributed by atoms with van der Waals surface area (Å²) in [6.07, 6.45) is 0. The van der Waals surface area contributed by atoms with E-state index in [1.165, 1.54) is 12.0 Å². The quantitative estimate of drug-likeness (QED) is 0.608. The van der Waals surface area contributed by atoms with Crippen LogP contribution in [0.4, 0.5) is 5.69 Å². The van der Waals surface area contributed by atoms with Gasteiger partial charge in [-0.1, -0.05) is 29.8 Å². The first-order chi connectivity index (χ1) is 13.9. The predicted molar refractivity (Wildman–Crippen MR) is 113 cm³/mol. The number of halogens is 1. The van der Waals surface area contributed by atoms with Crippen molar-refractivity contribution in [1.82, 2.24) is 4.90 Å². The van der Waals surface area contributed by atoms with E-state index >= 15 is 0 Å². The molecule has 0 aliphatic heterocycles. The smallest absolute Gasteiger partial charge is 0.277 e. The number of carbonyl (C=O) groups excluding carboxylic acids is 2. The summed E-state index contributed by atoms with van der Waals surface area (Å²) in [7, 11) is 5.02. The number of hydrogen-bond donors (Lipinski definition) is 2. The van der Waals surface area contributed by atoms with E-state index in [2.05, 4.69) is 5.32 Å². The van der Waals surface area contributed by atoms with Crippen molar-refractivity contribution in [2.24, 2.45) is 0 Å². The van der Waals surface area contributed by atoms with Crippen molar-refractivity contribution in [1.29, 1.82) is 0 Å². The topological polar surface area (TPSA) is 72.3 Å². The number of nitrogens with one attached hydrogen (secondary N) is 2. The van der Waals surface area contributed by atoms with Crippen molar-refractivity contribution in [3.63, 3.8) is 0 Å².